The number of ketones is 1. The highest BCUT2D eigenvalue weighted by molar-refractivity contribution is 5.96. The van der Waals surface area contributed by atoms with Crippen LogP contribution in [0.2, 0.25) is 0 Å². The second kappa shape index (κ2) is 8.75. The van der Waals surface area contributed by atoms with Gasteiger partial charge in [-0.1, -0.05) is 37.3 Å². The lowest BCUT2D eigenvalue weighted by Crippen LogP contribution is -2.21. The fourth-order valence-corrected chi connectivity index (χ4v) is 2.45. The number of carbonyl (C=O) groups excluding carboxylic acids is 2. The molecule has 27 heavy (non-hydrogen) atoms. The maximum atomic E-state index is 12.0. The van der Waals surface area contributed by atoms with Gasteiger partial charge in [0.05, 0.1) is 6.54 Å². The molecule has 138 valence electrons. The molecule has 1 aromatic heterocycles. The fourth-order valence-electron chi connectivity index (χ4n) is 2.45. The number of Topliss-reactive ketones (excluding diaryl/α,β-unsaturated/α-hetero) is 1. The lowest BCUT2D eigenvalue weighted by Gasteiger charge is -2.06. The Morgan fingerprint density at radius 2 is 1.81 bits per heavy atom. The molecule has 7 heteroatoms. The summed E-state index contributed by atoms with van der Waals surface area (Å²) in [6.45, 7) is 2.21. The number of hydrogen-bond donors (Lipinski definition) is 1. The molecule has 0 fully saturated rings. The molecule has 3 aromatic rings. The van der Waals surface area contributed by atoms with Crippen molar-refractivity contribution in [2.45, 2.75) is 19.9 Å². The Bertz CT molecular complexity index is 904. The molecule has 0 aliphatic carbocycles. The van der Waals surface area contributed by atoms with E-state index in [9.17, 15) is 9.59 Å². The van der Waals surface area contributed by atoms with Crippen LogP contribution < -0.4 is 10.1 Å². The molecule has 0 saturated heterocycles. The minimum absolute atomic E-state index is 0.0662. The molecule has 3 rings (SSSR count). The maximum absolute atomic E-state index is 12.0. The molecular formula is C20H20N4O3. The van der Waals surface area contributed by atoms with Crippen molar-refractivity contribution in [1.29, 1.82) is 0 Å². The van der Waals surface area contributed by atoms with E-state index in [0.29, 0.717) is 24.3 Å². The maximum Gasteiger partial charge on any atom is 0.264 e. The van der Waals surface area contributed by atoms with Crippen LogP contribution in [0.15, 0.2) is 60.9 Å². The molecule has 0 bridgehead atoms. The van der Waals surface area contributed by atoms with Gasteiger partial charge in [0.2, 0.25) is 5.95 Å². The third-order valence-electron chi connectivity index (χ3n) is 3.84. The molecule has 0 unspecified atom stereocenters. The van der Waals surface area contributed by atoms with E-state index >= 15 is 0 Å². The molecule has 1 amide bonds. The van der Waals surface area contributed by atoms with Crippen LogP contribution in [0.1, 0.15) is 29.3 Å². The molecule has 1 N–H and O–H groups in total. The summed E-state index contributed by atoms with van der Waals surface area (Å²) in [6.07, 6.45) is 2.01. The van der Waals surface area contributed by atoms with Crippen molar-refractivity contribution >= 4 is 17.6 Å². The number of nitrogens with one attached hydrogen (secondary N) is 1. The third kappa shape index (κ3) is 5.24. The van der Waals surface area contributed by atoms with E-state index < -0.39 is 0 Å². The molecule has 0 spiro atoms. The average Bonchev–Trinajstić information content (AvgIpc) is 3.13. The molecule has 7 nitrogen and oxygen atoms in total. The Balaban J connectivity index is 1.49. The normalized spacial score (nSPS) is 10.4. The smallest absolute Gasteiger partial charge is 0.264 e. The lowest BCUT2D eigenvalue weighted by molar-refractivity contribution is -0.118. The van der Waals surface area contributed by atoms with E-state index in [4.69, 9.17) is 4.74 Å². The summed E-state index contributed by atoms with van der Waals surface area (Å²) in [5.41, 5.74) is 1.72. The number of anilines is 1. The predicted octanol–water partition coefficient (Wildman–Crippen LogP) is 2.94. The number of hydrogen-bond acceptors (Lipinski definition) is 5. The average molecular weight is 364 g/mol. The van der Waals surface area contributed by atoms with Gasteiger partial charge in [-0.2, -0.15) is 0 Å². The van der Waals surface area contributed by atoms with E-state index in [1.54, 1.807) is 35.3 Å². The standard InChI is InChI=1S/C20H20N4O3/c1-2-18(25)16-8-10-17(11-9-16)27-13-19(26)22-20-21-14-24(23-20)12-15-6-4-3-5-7-15/h3-11,14H,2,12-13H2,1H3,(H,22,23,26). The van der Waals surface area contributed by atoms with E-state index in [1.807, 2.05) is 37.3 Å². The summed E-state index contributed by atoms with van der Waals surface area (Å²) in [5.74, 6) is 0.446. The van der Waals surface area contributed by atoms with Gasteiger partial charge in [-0.25, -0.2) is 9.67 Å². The van der Waals surface area contributed by atoms with Gasteiger partial charge < -0.3 is 4.74 Å². The van der Waals surface area contributed by atoms with Gasteiger partial charge in [-0.15, -0.1) is 5.10 Å². The largest absolute Gasteiger partial charge is 0.484 e. The topological polar surface area (TPSA) is 86.1 Å². The molecule has 1 heterocycles. The molecule has 0 radical (unpaired) electrons. The first kappa shape index (κ1) is 18.3. The zero-order chi connectivity index (χ0) is 19.1. The Morgan fingerprint density at radius 1 is 1.07 bits per heavy atom. The summed E-state index contributed by atoms with van der Waals surface area (Å²) in [6, 6.07) is 16.6. The van der Waals surface area contributed by atoms with Crippen molar-refractivity contribution in [2.24, 2.45) is 0 Å². The monoisotopic (exact) mass is 364 g/mol. The number of carbonyl (C=O) groups is 2. The van der Waals surface area contributed by atoms with Crippen LogP contribution in [0.3, 0.4) is 0 Å². The Labute approximate surface area is 157 Å². The van der Waals surface area contributed by atoms with Crippen LogP contribution in [-0.2, 0) is 11.3 Å². The quantitative estimate of drug-likeness (QED) is 0.621. The van der Waals surface area contributed by atoms with Crippen LogP contribution >= 0.6 is 0 Å². The third-order valence-corrected chi connectivity index (χ3v) is 3.84. The van der Waals surface area contributed by atoms with Gasteiger partial charge in [0.25, 0.3) is 5.91 Å². The number of nitrogens with zero attached hydrogens (tertiary/aromatic N) is 3. The van der Waals surface area contributed by atoms with Crippen molar-refractivity contribution in [3.8, 4) is 5.75 Å². The first-order valence-corrected chi connectivity index (χ1v) is 8.63. The molecule has 2 aromatic carbocycles. The number of ether oxygens (including phenoxy) is 1. The Kier molecular flexibility index (Phi) is 5.94. The predicted molar refractivity (Wildman–Crippen MR) is 101 cm³/mol. The fraction of sp³-hybridized carbons (Fsp3) is 0.200. The minimum Gasteiger partial charge on any atom is -0.484 e. The van der Waals surface area contributed by atoms with Crippen molar-refractivity contribution in [1.82, 2.24) is 14.8 Å². The Morgan fingerprint density at radius 3 is 2.52 bits per heavy atom. The Hall–Kier alpha value is -3.48. The zero-order valence-electron chi connectivity index (χ0n) is 15.0. The second-order valence-electron chi connectivity index (χ2n) is 5.89. The minimum atomic E-state index is -0.360. The summed E-state index contributed by atoms with van der Waals surface area (Å²) in [5, 5.41) is 6.82. The van der Waals surface area contributed by atoms with Gasteiger partial charge in [-0.05, 0) is 29.8 Å². The summed E-state index contributed by atoms with van der Waals surface area (Å²) in [7, 11) is 0. The summed E-state index contributed by atoms with van der Waals surface area (Å²) >= 11 is 0. The van der Waals surface area contributed by atoms with Crippen molar-refractivity contribution in [3.05, 3.63) is 72.1 Å². The number of aromatic nitrogens is 3. The van der Waals surface area contributed by atoms with E-state index in [2.05, 4.69) is 15.4 Å². The molecule has 0 saturated carbocycles. The van der Waals surface area contributed by atoms with Gasteiger partial charge >= 0.3 is 0 Å². The zero-order valence-corrected chi connectivity index (χ0v) is 15.0. The number of rotatable bonds is 8. The van der Waals surface area contributed by atoms with Crippen molar-refractivity contribution < 1.29 is 14.3 Å². The molecule has 0 aliphatic rings. The summed E-state index contributed by atoms with van der Waals surface area (Å²) in [4.78, 5) is 27.7. The van der Waals surface area contributed by atoms with Crippen molar-refractivity contribution in [2.75, 3.05) is 11.9 Å². The highest BCUT2D eigenvalue weighted by Gasteiger charge is 2.08. The number of benzene rings is 2. The highest BCUT2D eigenvalue weighted by atomic mass is 16.5. The van der Waals surface area contributed by atoms with Crippen LogP contribution in [0.4, 0.5) is 5.95 Å². The molecular weight excluding hydrogens is 344 g/mol. The lowest BCUT2D eigenvalue weighted by atomic mass is 10.1. The van der Waals surface area contributed by atoms with E-state index in [-0.39, 0.29) is 24.2 Å². The van der Waals surface area contributed by atoms with Crippen LogP contribution in [0.25, 0.3) is 0 Å². The molecule has 0 atom stereocenters. The summed E-state index contributed by atoms with van der Waals surface area (Å²) < 4.78 is 7.07. The van der Waals surface area contributed by atoms with E-state index in [0.717, 1.165) is 5.56 Å². The van der Waals surface area contributed by atoms with Gasteiger partial charge in [0.1, 0.15) is 12.1 Å². The van der Waals surface area contributed by atoms with Crippen LogP contribution in [0, 0.1) is 0 Å². The SMILES string of the molecule is CCC(=O)c1ccc(OCC(=O)Nc2ncn(Cc3ccccc3)n2)cc1. The second-order valence-corrected chi connectivity index (χ2v) is 5.89. The first-order valence-electron chi connectivity index (χ1n) is 8.63. The number of amides is 1. The first-order chi connectivity index (χ1) is 13.1. The van der Waals surface area contributed by atoms with Crippen LogP contribution in [0.5, 0.6) is 5.75 Å². The van der Waals surface area contributed by atoms with Gasteiger partial charge in [0.15, 0.2) is 12.4 Å². The highest BCUT2D eigenvalue weighted by Crippen LogP contribution is 2.13. The van der Waals surface area contributed by atoms with Crippen molar-refractivity contribution in [3.63, 3.8) is 0 Å². The van der Waals surface area contributed by atoms with Gasteiger partial charge in [0, 0.05) is 12.0 Å². The van der Waals surface area contributed by atoms with Gasteiger partial charge in [-0.3, -0.25) is 14.9 Å². The molecule has 0 aliphatic heterocycles. The van der Waals surface area contributed by atoms with Crippen LogP contribution in [-0.4, -0.2) is 33.1 Å². The van der Waals surface area contributed by atoms with E-state index in [1.165, 1.54) is 0 Å².